The molecule has 0 fully saturated rings. The maximum atomic E-state index is 11.4. The Morgan fingerprint density at radius 3 is 2.50 bits per heavy atom. The number of hydrogen-bond acceptors (Lipinski definition) is 5. The summed E-state index contributed by atoms with van der Waals surface area (Å²) in [5.41, 5.74) is 14.7. The molecule has 1 aromatic rings. The first-order valence-electron chi connectivity index (χ1n) is 3.88. The number of nitrogens with two attached hydrogens (primary N) is 3. The molecule has 0 aromatic carbocycles. The number of carbonyl (C=O) groups is 2. The molecule has 0 spiro atoms. The van der Waals surface area contributed by atoms with Crippen LogP contribution in [0.3, 0.4) is 0 Å². The lowest BCUT2D eigenvalue weighted by molar-refractivity contribution is 0.0989. The van der Waals surface area contributed by atoms with Crippen LogP contribution in [0.4, 0.5) is 5.82 Å². The van der Waals surface area contributed by atoms with Gasteiger partial charge in [0.2, 0.25) is 0 Å². The van der Waals surface area contributed by atoms with Crippen LogP contribution < -0.4 is 17.2 Å². The highest BCUT2D eigenvalue weighted by Crippen LogP contribution is 2.15. The van der Waals surface area contributed by atoms with E-state index in [2.05, 4.69) is 15.0 Å². The largest absolute Gasteiger partial charge is 0.381 e. The minimum absolute atomic E-state index is 0.162. The molecule has 0 bridgehead atoms. The van der Waals surface area contributed by atoms with Gasteiger partial charge in [-0.3, -0.25) is 9.59 Å². The molecule has 1 rings (SSSR count). The van der Waals surface area contributed by atoms with Gasteiger partial charge >= 0.3 is 5.91 Å². The van der Waals surface area contributed by atoms with Gasteiger partial charge in [0.1, 0.15) is 5.69 Å². The van der Waals surface area contributed by atoms with E-state index in [0.29, 0.717) is 6.29 Å². The second kappa shape index (κ2) is 4.53. The molecule has 9 heteroatoms. The standard InChI is InChI=1S/C7H7ClN6O2/c8-4-5(9)12-2(1-15)3(13-4)6(16)14-7(10)11/h1H,(H2,9,12)(H4,10,11,14,16). The Labute approximate surface area is 94.5 Å². The van der Waals surface area contributed by atoms with Crippen molar-refractivity contribution < 1.29 is 9.59 Å². The first kappa shape index (κ1) is 11.9. The molecule has 1 amide bonds. The number of aldehydes is 1. The third-order valence-electron chi connectivity index (χ3n) is 1.45. The monoisotopic (exact) mass is 242 g/mol. The van der Waals surface area contributed by atoms with Gasteiger partial charge in [-0.1, -0.05) is 11.6 Å². The Morgan fingerprint density at radius 2 is 2.00 bits per heavy atom. The van der Waals surface area contributed by atoms with Crippen LogP contribution in [-0.2, 0) is 0 Å². The molecule has 6 N–H and O–H groups in total. The van der Waals surface area contributed by atoms with E-state index < -0.39 is 11.9 Å². The van der Waals surface area contributed by atoms with Crippen LogP contribution in [0.15, 0.2) is 4.99 Å². The molecule has 0 radical (unpaired) electrons. The number of nitrogen functional groups attached to an aromatic ring is 1. The van der Waals surface area contributed by atoms with Crippen molar-refractivity contribution in [2.24, 2.45) is 16.5 Å². The Bertz CT molecular complexity index is 482. The number of halogens is 1. The first-order valence-corrected chi connectivity index (χ1v) is 4.25. The van der Waals surface area contributed by atoms with E-state index in [4.69, 9.17) is 28.8 Å². The molecule has 0 saturated heterocycles. The summed E-state index contributed by atoms with van der Waals surface area (Å²) in [6.07, 6.45) is 0.301. The number of anilines is 1. The normalized spacial score (nSPS) is 9.56. The van der Waals surface area contributed by atoms with Gasteiger partial charge in [0.05, 0.1) is 0 Å². The molecule has 0 atom stereocenters. The van der Waals surface area contributed by atoms with Crippen LogP contribution in [-0.4, -0.2) is 28.1 Å². The SMILES string of the molecule is NC(N)=NC(=O)c1nc(Cl)c(N)nc1C=O. The molecule has 0 aliphatic carbocycles. The number of guanidine groups is 1. The smallest absolute Gasteiger partial charge is 0.301 e. The molecule has 84 valence electrons. The van der Waals surface area contributed by atoms with Gasteiger partial charge in [0, 0.05) is 0 Å². The number of amides is 1. The van der Waals surface area contributed by atoms with Gasteiger partial charge in [0.25, 0.3) is 0 Å². The summed E-state index contributed by atoms with van der Waals surface area (Å²) in [6.45, 7) is 0. The van der Waals surface area contributed by atoms with Crippen molar-refractivity contribution >= 4 is 35.6 Å². The number of aromatic nitrogens is 2. The van der Waals surface area contributed by atoms with E-state index in [1.807, 2.05) is 0 Å². The quantitative estimate of drug-likeness (QED) is 0.340. The van der Waals surface area contributed by atoms with Crippen LogP contribution in [0.2, 0.25) is 5.15 Å². The molecule has 0 aliphatic heterocycles. The zero-order chi connectivity index (χ0) is 12.3. The Balaban J connectivity index is 3.32. The van der Waals surface area contributed by atoms with Gasteiger partial charge in [-0.15, -0.1) is 0 Å². The van der Waals surface area contributed by atoms with E-state index >= 15 is 0 Å². The van der Waals surface area contributed by atoms with E-state index in [0.717, 1.165) is 0 Å². The van der Waals surface area contributed by atoms with E-state index in [9.17, 15) is 9.59 Å². The molecule has 0 unspecified atom stereocenters. The molecule has 1 heterocycles. The lowest BCUT2D eigenvalue weighted by Crippen LogP contribution is -2.25. The van der Waals surface area contributed by atoms with Crippen molar-refractivity contribution in [1.29, 1.82) is 0 Å². The molecular weight excluding hydrogens is 236 g/mol. The highest BCUT2D eigenvalue weighted by molar-refractivity contribution is 6.31. The zero-order valence-corrected chi connectivity index (χ0v) is 8.60. The molecule has 0 saturated carbocycles. The summed E-state index contributed by atoms with van der Waals surface area (Å²) >= 11 is 5.55. The van der Waals surface area contributed by atoms with Crippen LogP contribution in [0.5, 0.6) is 0 Å². The molecule has 16 heavy (non-hydrogen) atoms. The zero-order valence-electron chi connectivity index (χ0n) is 7.85. The number of rotatable bonds is 2. The lowest BCUT2D eigenvalue weighted by Gasteiger charge is -2.02. The lowest BCUT2D eigenvalue weighted by atomic mass is 10.3. The highest BCUT2D eigenvalue weighted by Gasteiger charge is 2.16. The fourth-order valence-corrected chi connectivity index (χ4v) is 0.978. The topological polar surface area (TPSA) is 150 Å². The van der Waals surface area contributed by atoms with Crippen molar-refractivity contribution in [2.45, 2.75) is 0 Å². The van der Waals surface area contributed by atoms with Crippen molar-refractivity contribution in [1.82, 2.24) is 9.97 Å². The maximum Gasteiger partial charge on any atom is 0.301 e. The van der Waals surface area contributed by atoms with Crippen molar-refractivity contribution in [3.63, 3.8) is 0 Å². The number of aliphatic imine (C=N–C) groups is 1. The number of nitrogens with zero attached hydrogens (tertiary/aromatic N) is 3. The molecule has 8 nitrogen and oxygen atoms in total. The fraction of sp³-hybridized carbons (Fsp3) is 0. The van der Waals surface area contributed by atoms with Crippen LogP contribution in [0.25, 0.3) is 0 Å². The average Bonchev–Trinajstić information content (AvgIpc) is 2.20. The van der Waals surface area contributed by atoms with Crippen LogP contribution >= 0.6 is 11.6 Å². The Morgan fingerprint density at radius 1 is 1.38 bits per heavy atom. The minimum Gasteiger partial charge on any atom is -0.381 e. The Hall–Kier alpha value is -2.22. The van der Waals surface area contributed by atoms with Crippen molar-refractivity contribution in [3.05, 3.63) is 16.5 Å². The minimum atomic E-state index is -0.920. The van der Waals surface area contributed by atoms with Gasteiger partial charge in [-0.2, -0.15) is 4.99 Å². The van der Waals surface area contributed by atoms with Gasteiger partial charge in [-0.05, 0) is 0 Å². The number of hydrogen-bond donors (Lipinski definition) is 3. The summed E-state index contributed by atoms with van der Waals surface area (Å²) in [4.78, 5) is 32.3. The van der Waals surface area contributed by atoms with Crippen molar-refractivity contribution in [3.8, 4) is 0 Å². The van der Waals surface area contributed by atoms with E-state index in [-0.39, 0.29) is 22.4 Å². The Kier molecular flexibility index (Phi) is 3.36. The summed E-state index contributed by atoms with van der Waals surface area (Å²) in [5, 5.41) is -0.209. The summed E-state index contributed by atoms with van der Waals surface area (Å²) in [6, 6.07) is 0. The second-order valence-electron chi connectivity index (χ2n) is 2.59. The van der Waals surface area contributed by atoms with Crippen LogP contribution in [0.1, 0.15) is 21.0 Å². The fourth-order valence-electron chi connectivity index (χ4n) is 0.851. The average molecular weight is 243 g/mol. The second-order valence-corrected chi connectivity index (χ2v) is 2.95. The molecule has 1 aromatic heterocycles. The van der Waals surface area contributed by atoms with Gasteiger partial charge in [0.15, 0.2) is 28.9 Å². The van der Waals surface area contributed by atoms with Crippen molar-refractivity contribution in [2.75, 3.05) is 5.73 Å². The summed E-state index contributed by atoms with van der Waals surface area (Å²) in [7, 11) is 0. The van der Waals surface area contributed by atoms with E-state index in [1.165, 1.54) is 0 Å². The first-order chi connectivity index (χ1) is 7.45. The summed E-state index contributed by atoms with van der Waals surface area (Å²) < 4.78 is 0. The van der Waals surface area contributed by atoms with Gasteiger partial charge < -0.3 is 17.2 Å². The maximum absolute atomic E-state index is 11.4. The van der Waals surface area contributed by atoms with Gasteiger partial charge in [-0.25, -0.2) is 9.97 Å². The third kappa shape index (κ3) is 2.42. The number of carbonyl (C=O) groups excluding carboxylic acids is 2. The highest BCUT2D eigenvalue weighted by atomic mass is 35.5. The predicted molar refractivity (Wildman–Crippen MR) is 57.0 cm³/mol. The van der Waals surface area contributed by atoms with E-state index in [1.54, 1.807) is 0 Å². The third-order valence-corrected chi connectivity index (χ3v) is 1.73. The van der Waals surface area contributed by atoms with Crippen LogP contribution in [0, 0.1) is 0 Å². The molecule has 0 aliphatic rings. The predicted octanol–water partition coefficient (Wildman–Crippen LogP) is -1.06. The summed E-state index contributed by atoms with van der Waals surface area (Å²) in [5.74, 6) is -1.54. The molecular formula is C7H7ClN6O2.